The van der Waals surface area contributed by atoms with Crippen LogP contribution in [0.1, 0.15) is 43.0 Å². The van der Waals surface area contributed by atoms with Crippen molar-refractivity contribution in [2.24, 2.45) is 0 Å². The number of nitrogens with zero attached hydrogens (tertiary/aromatic N) is 2. The van der Waals surface area contributed by atoms with Gasteiger partial charge in [0.25, 0.3) is 0 Å². The van der Waals surface area contributed by atoms with Crippen molar-refractivity contribution >= 4 is 21.8 Å². The second-order valence-electron chi connectivity index (χ2n) is 11.0. The molecular formula is C31H39N3O4S. The Balaban J connectivity index is 1.99. The Labute approximate surface area is 232 Å². The molecule has 0 saturated carbocycles. The summed E-state index contributed by atoms with van der Waals surface area (Å²) in [6.07, 6.45) is 0.286. The molecule has 208 valence electrons. The highest BCUT2D eigenvalue weighted by Gasteiger charge is 2.34. The molecule has 0 saturated heterocycles. The molecule has 3 aromatic rings. The van der Waals surface area contributed by atoms with Gasteiger partial charge in [0.15, 0.2) is 0 Å². The molecule has 0 aliphatic carbocycles. The Hall–Kier alpha value is -3.49. The standard InChI is InChI=1S/C31H39N3O4S/c1-23-15-17-27(18-16-23)39(37,38)33(6)22-29(35)34(21-26-14-10-11-24(2)19-26)28(30(36)32-31(3,4)5)20-25-12-8-7-9-13-25/h7-19,28H,20-22H2,1-6H3,(H,32,36)/t28-/m1/s1. The van der Waals surface area contributed by atoms with E-state index in [0.29, 0.717) is 0 Å². The molecule has 0 fully saturated rings. The SMILES string of the molecule is Cc1ccc(S(=O)(=O)N(C)CC(=O)N(Cc2cccc(C)c2)[C@H](Cc2ccccc2)C(=O)NC(C)(C)C)cc1. The smallest absolute Gasteiger partial charge is 0.243 e. The van der Waals surface area contributed by atoms with Crippen molar-refractivity contribution in [1.82, 2.24) is 14.5 Å². The Morgan fingerprint density at radius 3 is 2.05 bits per heavy atom. The maximum Gasteiger partial charge on any atom is 0.243 e. The number of carbonyl (C=O) groups is 2. The molecule has 0 bridgehead atoms. The largest absolute Gasteiger partial charge is 0.350 e. The summed E-state index contributed by atoms with van der Waals surface area (Å²) in [5, 5.41) is 3.02. The van der Waals surface area contributed by atoms with Gasteiger partial charge in [-0.3, -0.25) is 9.59 Å². The molecule has 0 aromatic heterocycles. The second-order valence-corrected chi connectivity index (χ2v) is 13.1. The van der Waals surface area contributed by atoms with Crippen molar-refractivity contribution in [3.8, 4) is 0 Å². The first-order chi connectivity index (χ1) is 18.3. The van der Waals surface area contributed by atoms with Crippen LogP contribution in [0.5, 0.6) is 0 Å². The first-order valence-electron chi connectivity index (χ1n) is 13.0. The lowest BCUT2D eigenvalue weighted by atomic mass is 10.0. The summed E-state index contributed by atoms with van der Waals surface area (Å²) < 4.78 is 27.6. The van der Waals surface area contributed by atoms with Crippen LogP contribution in [0, 0.1) is 13.8 Å². The zero-order valence-electron chi connectivity index (χ0n) is 23.6. The van der Waals surface area contributed by atoms with Crippen LogP contribution in [-0.4, -0.2) is 54.6 Å². The number of aryl methyl sites for hydroxylation is 2. The molecule has 0 unspecified atom stereocenters. The van der Waals surface area contributed by atoms with Gasteiger partial charge in [-0.1, -0.05) is 77.9 Å². The van der Waals surface area contributed by atoms with Crippen LogP contribution < -0.4 is 5.32 Å². The van der Waals surface area contributed by atoms with E-state index in [-0.39, 0.29) is 23.8 Å². The fourth-order valence-electron chi connectivity index (χ4n) is 4.27. The number of likely N-dealkylation sites (N-methyl/N-ethyl adjacent to an activating group) is 1. The van der Waals surface area contributed by atoms with Crippen LogP contribution in [-0.2, 0) is 32.6 Å². The minimum atomic E-state index is -3.91. The van der Waals surface area contributed by atoms with E-state index in [9.17, 15) is 18.0 Å². The summed E-state index contributed by atoms with van der Waals surface area (Å²) in [5.74, 6) is -0.754. The van der Waals surface area contributed by atoms with Crippen molar-refractivity contribution < 1.29 is 18.0 Å². The minimum absolute atomic E-state index is 0.111. The van der Waals surface area contributed by atoms with Crippen LogP contribution in [0.15, 0.2) is 83.8 Å². The van der Waals surface area contributed by atoms with E-state index in [1.54, 1.807) is 12.1 Å². The summed E-state index contributed by atoms with van der Waals surface area (Å²) in [4.78, 5) is 29.2. The van der Waals surface area contributed by atoms with E-state index in [4.69, 9.17) is 0 Å². The lowest BCUT2D eigenvalue weighted by Crippen LogP contribution is -2.56. The van der Waals surface area contributed by atoms with E-state index in [0.717, 1.165) is 26.6 Å². The number of benzene rings is 3. The zero-order chi connectivity index (χ0) is 28.8. The Kier molecular flexibility index (Phi) is 9.69. The average molecular weight is 550 g/mol. The minimum Gasteiger partial charge on any atom is -0.350 e. The molecule has 3 rings (SSSR count). The fourth-order valence-corrected chi connectivity index (χ4v) is 5.39. The van der Waals surface area contributed by atoms with Gasteiger partial charge in [-0.15, -0.1) is 0 Å². The third kappa shape index (κ3) is 8.50. The van der Waals surface area contributed by atoms with Crippen molar-refractivity contribution in [3.63, 3.8) is 0 Å². The van der Waals surface area contributed by atoms with Crippen molar-refractivity contribution in [2.75, 3.05) is 13.6 Å². The number of nitrogens with one attached hydrogen (secondary N) is 1. The molecule has 39 heavy (non-hydrogen) atoms. The van der Waals surface area contributed by atoms with Crippen molar-refractivity contribution in [2.45, 2.75) is 64.1 Å². The number of rotatable bonds is 10. The van der Waals surface area contributed by atoms with Gasteiger partial charge < -0.3 is 10.2 Å². The van der Waals surface area contributed by atoms with Crippen LogP contribution >= 0.6 is 0 Å². The predicted molar refractivity (Wildman–Crippen MR) is 155 cm³/mol. The van der Waals surface area contributed by atoms with Crippen LogP contribution in [0.2, 0.25) is 0 Å². The van der Waals surface area contributed by atoms with E-state index in [2.05, 4.69) is 5.32 Å². The lowest BCUT2D eigenvalue weighted by Gasteiger charge is -2.34. The van der Waals surface area contributed by atoms with E-state index in [1.807, 2.05) is 89.2 Å². The van der Waals surface area contributed by atoms with Crippen LogP contribution in [0.25, 0.3) is 0 Å². The third-order valence-corrected chi connectivity index (χ3v) is 8.11. The van der Waals surface area contributed by atoms with Gasteiger partial charge in [0.1, 0.15) is 6.04 Å². The van der Waals surface area contributed by atoms with Crippen molar-refractivity contribution in [1.29, 1.82) is 0 Å². The molecule has 0 spiro atoms. The Morgan fingerprint density at radius 2 is 1.46 bits per heavy atom. The highest BCUT2D eigenvalue weighted by atomic mass is 32.2. The first kappa shape index (κ1) is 30.1. The summed E-state index contributed by atoms with van der Waals surface area (Å²) in [6.45, 7) is 9.26. The summed E-state index contributed by atoms with van der Waals surface area (Å²) in [7, 11) is -2.52. The molecule has 0 aliphatic heterocycles. The molecule has 0 aliphatic rings. The van der Waals surface area contributed by atoms with E-state index >= 15 is 0 Å². The van der Waals surface area contributed by atoms with Crippen molar-refractivity contribution in [3.05, 3.63) is 101 Å². The fraction of sp³-hybridized carbons (Fsp3) is 0.355. The summed E-state index contributed by atoms with van der Waals surface area (Å²) in [6, 6.07) is 22.9. The quantitative estimate of drug-likeness (QED) is 0.404. The summed E-state index contributed by atoms with van der Waals surface area (Å²) >= 11 is 0. The van der Waals surface area contributed by atoms with Gasteiger partial charge in [0.2, 0.25) is 21.8 Å². The molecule has 2 amide bonds. The molecule has 1 atom stereocenters. The maximum atomic E-state index is 13.9. The molecule has 3 aromatic carbocycles. The van der Waals surface area contributed by atoms with Gasteiger partial charge >= 0.3 is 0 Å². The molecule has 8 heteroatoms. The first-order valence-corrected chi connectivity index (χ1v) is 14.4. The van der Waals surface area contributed by atoms with Gasteiger partial charge in [-0.25, -0.2) is 8.42 Å². The van der Waals surface area contributed by atoms with Crippen LogP contribution in [0.3, 0.4) is 0 Å². The zero-order valence-corrected chi connectivity index (χ0v) is 24.5. The molecule has 7 nitrogen and oxygen atoms in total. The average Bonchev–Trinajstić information content (AvgIpc) is 2.86. The number of hydrogen-bond donors (Lipinski definition) is 1. The third-order valence-electron chi connectivity index (χ3n) is 6.29. The topological polar surface area (TPSA) is 86.8 Å². The van der Waals surface area contributed by atoms with E-state index < -0.39 is 34.1 Å². The van der Waals surface area contributed by atoms with Crippen LogP contribution in [0.4, 0.5) is 0 Å². The highest BCUT2D eigenvalue weighted by Crippen LogP contribution is 2.19. The lowest BCUT2D eigenvalue weighted by molar-refractivity contribution is -0.141. The van der Waals surface area contributed by atoms with Gasteiger partial charge in [0.05, 0.1) is 11.4 Å². The monoisotopic (exact) mass is 549 g/mol. The van der Waals surface area contributed by atoms with Gasteiger partial charge in [-0.05, 0) is 57.9 Å². The number of amides is 2. The predicted octanol–water partition coefficient (Wildman–Crippen LogP) is 4.48. The summed E-state index contributed by atoms with van der Waals surface area (Å²) in [5.41, 5.74) is 3.20. The number of carbonyl (C=O) groups excluding carboxylic acids is 2. The highest BCUT2D eigenvalue weighted by molar-refractivity contribution is 7.89. The Bertz CT molecular complexity index is 1380. The molecule has 0 radical (unpaired) electrons. The molecular weight excluding hydrogens is 510 g/mol. The number of sulfonamides is 1. The van der Waals surface area contributed by atoms with Gasteiger partial charge in [-0.2, -0.15) is 4.31 Å². The van der Waals surface area contributed by atoms with E-state index in [1.165, 1.54) is 24.1 Å². The molecule has 0 heterocycles. The molecule has 1 N–H and O–H groups in total. The second kappa shape index (κ2) is 12.6. The van der Waals surface area contributed by atoms with Gasteiger partial charge in [0, 0.05) is 25.6 Å². The number of hydrogen-bond acceptors (Lipinski definition) is 4. The Morgan fingerprint density at radius 1 is 0.846 bits per heavy atom. The normalized spacial score (nSPS) is 12.7. The maximum absolute atomic E-state index is 13.9.